The fourth-order valence-corrected chi connectivity index (χ4v) is 1.75. The minimum atomic E-state index is 0.688. The van der Waals surface area contributed by atoms with Crippen LogP contribution in [0.4, 0.5) is 0 Å². The molecule has 1 nitrogen and oxygen atoms in total. The lowest BCUT2D eigenvalue weighted by Gasteiger charge is -2.19. The van der Waals surface area contributed by atoms with Crippen LogP contribution in [0.2, 0.25) is 0 Å². The van der Waals surface area contributed by atoms with Crippen LogP contribution in [0, 0.1) is 5.92 Å². The summed E-state index contributed by atoms with van der Waals surface area (Å²) in [7, 11) is 0. The van der Waals surface area contributed by atoms with Gasteiger partial charge in [0.2, 0.25) is 0 Å². The lowest BCUT2D eigenvalue weighted by molar-refractivity contribution is 0.0783. The van der Waals surface area contributed by atoms with Crippen molar-refractivity contribution in [3.05, 3.63) is 11.6 Å². The minimum absolute atomic E-state index is 0.688. The summed E-state index contributed by atoms with van der Waals surface area (Å²) in [6, 6.07) is 0. The third kappa shape index (κ3) is 3.16. The van der Waals surface area contributed by atoms with Gasteiger partial charge in [-0.3, -0.25) is 0 Å². The molecule has 1 fully saturated rings. The molecule has 1 rings (SSSR count). The predicted molar refractivity (Wildman–Crippen MR) is 52.6 cm³/mol. The molecular weight excluding hydrogens is 172 g/mol. The highest BCUT2D eigenvalue weighted by Gasteiger charge is 2.11. The number of hydrogen-bond donors (Lipinski definition) is 0. The summed E-state index contributed by atoms with van der Waals surface area (Å²) >= 11 is 5.79. The highest BCUT2D eigenvalue weighted by atomic mass is 35.5. The van der Waals surface area contributed by atoms with Crippen LogP contribution >= 0.6 is 11.6 Å². The zero-order valence-electron chi connectivity index (χ0n) is 7.68. The summed E-state index contributed by atoms with van der Waals surface area (Å²) in [6.45, 7) is 3.99. The van der Waals surface area contributed by atoms with E-state index in [9.17, 15) is 0 Å². The van der Waals surface area contributed by atoms with E-state index in [2.05, 4.69) is 13.0 Å². The zero-order chi connectivity index (χ0) is 8.81. The fraction of sp³-hybridized carbons (Fsp3) is 0.800. The molecule has 0 radical (unpaired) electrons. The Labute approximate surface area is 79.7 Å². The number of halogens is 1. The van der Waals surface area contributed by atoms with E-state index >= 15 is 0 Å². The van der Waals surface area contributed by atoms with Crippen LogP contribution < -0.4 is 0 Å². The summed E-state index contributed by atoms with van der Waals surface area (Å²) in [6.07, 6.45) is 5.76. The topological polar surface area (TPSA) is 9.23 Å². The van der Waals surface area contributed by atoms with Crippen molar-refractivity contribution in [3.63, 3.8) is 0 Å². The molecule has 0 aromatic heterocycles. The quantitative estimate of drug-likeness (QED) is 0.489. The van der Waals surface area contributed by atoms with E-state index < -0.39 is 0 Å². The fourth-order valence-electron chi connectivity index (χ4n) is 1.47. The minimum Gasteiger partial charge on any atom is -0.381 e. The number of allylic oxidation sites excluding steroid dienone is 2. The second-order valence-electron chi connectivity index (χ2n) is 3.26. The molecule has 0 atom stereocenters. The molecule has 0 bridgehead atoms. The van der Waals surface area contributed by atoms with Gasteiger partial charge in [0.05, 0.1) is 0 Å². The Morgan fingerprint density at radius 2 is 2.17 bits per heavy atom. The van der Waals surface area contributed by atoms with Crippen LogP contribution in [0.15, 0.2) is 11.6 Å². The average molecular weight is 189 g/mol. The SMILES string of the molecule is CC/C(=C\C1CCOCC1)CCl. The van der Waals surface area contributed by atoms with Crippen LogP contribution in [-0.4, -0.2) is 19.1 Å². The van der Waals surface area contributed by atoms with Gasteiger partial charge in [0.1, 0.15) is 0 Å². The smallest absolute Gasteiger partial charge is 0.0471 e. The molecule has 0 aromatic carbocycles. The van der Waals surface area contributed by atoms with Gasteiger partial charge >= 0.3 is 0 Å². The zero-order valence-corrected chi connectivity index (χ0v) is 8.44. The van der Waals surface area contributed by atoms with Crippen molar-refractivity contribution in [3.8, 4) is 0 Å². The molecule has 1 saturated heterocycles. The van der Waals surface area contributed by atoms with E-state index in [1.54, 1.807) is 0 Å². The Morgan fingerprint density at radius 3 is 2.67 bits per heavy atom. The monoisotopic (exact) mass is 188 g/mol. The predicted octanol–water partition coefficient (Wildman–Crippen LogP) is 2.99. The second kappa shape index (κ2) is 5.60. The molecular formula is C10H17ClO. The van der Waals surface area contributed by atoms with Gasteiger partial charge in [-0.1, -0.05) is 18.6 Å². The Hall–Kier alpha value is -0.0100. The maximum Gasteiger partial charge on any atom is 0.0471 e. The molecule has 0 saturated carbocycles. The van der Waals surface area contributed by atoms with Crippen LogP contribution in [0.3, 0.4) is 0 Å². The highest BCUT2D eigenvalue weighted by molar-refractivity contribution is 6.19. The van der Waals surface area contributed by atoms with Crippen molar-refractivity contribution in [2.75, 3.05) is 19.1 Å². The molecule has 0 aliphatic carbocycles. The maximum absolute atomic E-state index is 5.79. The van der Waals surface area contributed by atoms with Gasteiger partial charge in [-0.05, 0) is 25.2 Å². The molecule has 0 spiro atoms. The van der Waals surface area contributed by atoms with E-state index in [0.717, 1.165) is 19.6 Å². The molecule has 0 amide bonds. The van der Waals surface area contributed by atoms with Gasteiger partial charge in [0, 0.05) is 19.1 Å². The summed E-state index contributed by atoms with van der Waals surface area (Å²) in [4.78, 5) is 0. The first kappa shape index (κ1) is 10.1. The van der Waals surface area contributed by atoms with Crippen molar-refractivity contribution in [2.24, 2.45) is 5.92 Å². The van der Waals surface area contributed by atoms with E-state index in [-0.39, 0.29) is 0 Å². The van der Waals surface area contributed by atoms with Gasteiger partial charge in [-0.25, -0.2) is 0 Å². The second-order valence-corrected chi connectivity index (χ2v) is 3.53. The van der Waals surface area contributed by atoms with E-state index in [1.165, 1.54) is 18.4 Å². The number of alkyl halides is 1. The number of hydrogen-bond acceptors (Lipinski definition) is 1. The summed E-state index contributed by atoms with van der Waals surface area (Å²) in [5, 5.41) is 0. The van der Waals surface area contributed by atoms with Gasteiger partial charge < -0.3 is 4.74 Å². The first-order valence-electron chi connectivity index (χ1n) is 4.70. The van der Waals surface area contributed by atoms with Crippen molar-refractivity contribution < 1.29 is 4.74 Å². The largest absolute Gasteiger partial charge is 0.381 e. The van der Waals surface area contributed by atoms with Crippen molar-refractivity contribution in [2.45, 2.75) is 26.2 Å². The molecule has 2 heteroatoms. The van der Waals surface area contributed by atoms with Crippen molar-refractivity contribution in [1.29, 1.82) is 0 Å². The molecule has 70 valence electrons. The Bertz CT molecular complexity index is 142. The lowest BCUT2D eigenvalue weighted by atomic mass is 9.97. The van der Waals surface area contributed by atoms with Gasteiger partial charge in [-0.15, -0.1) is 11.6 Å². The van der Waals surface area contributed by atoms with Crippen LogP contribution in [0.25, 0.3) is 0 Å². The first-order valence-corrected chi connectivity index (χ1v) is 5.23. The van der Waals surface area contributed by atoms with Gasteiger partial charge in [-0.2, -0.15) is 0 Å². The standard InChI is InChI=1S/C10H17ClO/c1-2-9(8-11)7-10-3-5-12-6-4-10/h7,10H,2-6,8H2,1H3/b9-7+. The number of rotatable bonds is 3. The normalized spacial score (nSPS) is 21.3. The maximum atomic E-state index is 5.79. The number of ether oxygens (including phenoxy) is 1. The van der Waals surface area contributed by atoms with Gasteiger partial charge in [0.15, 0.2) is 0 Å². The third-order valence-electron chi connectivity index (χ3n) is 2.36. The summed E-state index contributed by atoms with van der Waals surface area (Å²) in [5.74, 6) is 1.40. The Morgan fingerprint density at radius 1 is 1.50 bits per heavy atom. The molecule has 0 unspecified atom stereocenters. The van der Waals surface area contributed by atoms with E-state index in [4.69, 9.17) is 16.3 Å². The molecule has 1 aliphatic heterocycles. The van der Waals surface area contributed by atoms with Crippen LogP contribution in [-0.2, 0) is 4.74 Å². The van der Waals surface area contributed by atoms with E-state index in [1.807, 2.05) is 0 Å². The summed E-state index contributed by atoms with van der Waals surface area (Å²) in [5.41, 5.74) is 1.38. The molecule has 0 N–H and O–H groups in total. The first-order chi connectivity index (χ1) is 5.86. The average Bonchev–Trinajstić information content (AvgIpc) is 2.16. The highest BCUT2D eigenvalue weighted by Crippen LogP contribution is 2.19. The molecule has 1 aliphatic rings. The molecule has 1 heterocycles. The lowest BCUT2D eigenvalue weighted by Crippen LogP contribution is -2.14. The van der Waals surface area contributed by atoms with Gasteiger partial charge in [0.25, 0.3) is 0 Å². The van der Waals surface area contributed by atoms with Crippen molar-refractivity contribution in [1.82, 2.24) is 0 Å². The molecule has 12 heavy (non-hydrogen) atoms. The molecule has 0 aromatic rings. The third-order valence-corrected chi connectivity index (χ3v) is 2.71. The Balaban J connectivity index is 2.39. The Kier molecular flexibility index (Phi) is 4.70. The van der Waals surface area contributed by atoms with Crippen LogP contribution in [0.1, 0.15) is 26.2 Å². The van der Waals surface area contributed by atoms with Crippen molar-refractivity contribution >= 4 is 11.6 Å². The van der Waals surface area contributed by atoms with Crippen LogP contribution in [0.5, 0.6) is 0 Å². The summed E-state index contributed by atoms with van der Waals surface area (Å²) < 4.78 is 5.29. The van der Waals surface area contributed by atoms with E-state index in [0.29, 0.717) is 11.8 Å².